The zero-order valence-corrected chi connectivity index (χ0v) is 10.8. The van der Waals surface area contributed by atoms with Crippen molar-refractivity contribution in [1.82, 2.24) is 0 Å². The van der Waals surface area contributed by atoms with Gasteiger partial charge >= 0.3 is 0 Å². The van der Waals surface area contributed by atoms with Gasteiger partial charge in [-0.25, -0.2) is 0 Å². The Balaban J connectivity index is 2.31. The van der Waals surface area contributed by atoms with Crippen LogP contribution in [0.1, 0.15) is 19.4 Å². The predicted octanol–water partition coefficient (Wildman–Crippen LogP) is 2.65. The van der Waals surface area contributed by atoms with Crippen LogP contribution in [0.25, 0.3) is 0 Å². The molecule has 0 amide bonds. The molecule has 0 saturated carbocycles. The molecule has 0 aliphatic heterocycles. The summed E-state index contributed by atoms with van der Waals surface area (Å²) >= 11 is 1.91. The van der Waals surface area contributed by atoms with Crippen LogP contribution in [0.4, 0.5) is 0 Å². The molecular weight excluding hydrogens is 218 g/mol. The van der Waals surface area contributed by atoms with Crippen LogP contribution in [-0.4, -0.2) is 22.7 Å². The summed E-state index contributed by atoms with van der Waals surface area (Å²) in [6.07, 6.45) is 0.833. The number of nitrogens with two attached hydrogens (primary N) is 1. The lowest BCUT2D eigenvalue weighted by atomic mass is 10.1. The quantitative estimate of drug-likeness (QED) is 0.802. The third-order valence-electron chi connectivity index (χ3n) is 2.19. The number of phenols is 1. The van der Waals surface area contributed by atoms with E-state index in [1.807, 2.05) is 23.9 Å². The minimum atomic E-state index is 0.172. The van der Waals surface area contributed by atoms with Crippen molar-refractivity contribution in [3.63, 3.8) is 0 Å². The molecule has 0 heterocycles. The number of benzene rings is 1. The Hall–Kier alpha value is -0.670. The molecule has 1 rings (SSSR count). The zero-order valence-electron chi connectivity index (χ0n) is 10.0. The standard InChI is InChI=1S/C13H21NOS/c1-10(2)8-16-9-12(14)6-11-4-3-5-13(15)7-11/h3-5,7,10,12,15H,6,8-9,14H2,1-2H3. The van der Waals surface area contributed by atoms with E-state index in [4.69, 9.17) is 5.73 Å². The van der Waals surface area contributed by atoms with Crippen molar-refractivity contribution in [2.24, 2.45) is 11.7 Å². The summed E-state index contributed by atoms with van der Waals surface area (Å²) in [4.78, 5) is 0. The molecule has 90 valence electrons. The summed E-state index contributed by atoms with van der Waals surface area (Å²) in [5.74, 6) is 3.18. The Morgan fingerprint density at radius 3 is 2.69 bits per heavy atom. The highest BCUT2D eigenvalue weighted by atomic mass is 32.2. The molecule has 0 saturated heterocycles. The van der Waals surface area contributed by atoms with Gasteiger partial charge in [-0.05, 0) is 35.8 Å². The van der Waals surface area contributed by atoms with Gasteiger partial charge in [-0.2, -0.15) is 11.8 Å². The Morgan fingerprint density at radius 2 is 2.06 bits per heavy atom. The maximum absolute atomic E-state index is 9.33. The molecular formula is C13H21NOS. The Morgan fingerprint density at radius 1 is 1.31 bits per heavy atom. The van der Waals surface area contributed by atoms with Gasteiger partial charge in [0, 0.05) is 11.8 Å². The van der Waals surface area contributed by atoms with Gasteiger partial charge in [-0.15, -0.1) is 0 Å². The van der Waals surface area contributed by atoms with E-state index in [0.717, 1.165) is 29.4 Å². The van der Waals surface area contributed by atoms with Crippen LogP contribution in [0.15, 0.2) is 24.3 Å². The molecule has 0 aromatic heterocycles. The van der Waals surface area contributed by atoms with Crippen molar-refractivity contribution in [2.75, 3.05) is 11.5 Å². The van der Waals surface area contributed by atoms with E-state index in [0.29, 0.717) is 5.75 Å². The minimum absolute atomic E-state index is 0.172. The van der Waals surface area contributed by atoms with Crippen LogP contribution >= 0.6 is 11.8 Å². The Bertz CT molecular complexity index is 315. The monoisotopic (exact) mass is 239 g/mol. The minimum Gasteiger partial charge on any atom is -0.508 e. The first-order valence-electron chi connectivity index (χ1n) is 5.69. The van der Waals surface area contributed by atoms with Crippen molar-refractivity contribution in [3.8, 4) is 5.75 Å². The van der Waals surface area contributed by atoms with Gasteiger partial charge in [0.2, 0.25) is 0 Å². The summed E-state index contributed by atoms with van der Waals surface area (Å²) < 4.78 is 0. The lowest BCUT2D eigenvalue weighted by molar-refractivity contribution is 0.474. The third kappa shape index (κ3) is 5.42. The number of thioether (sulfide) groups is 1. The summed E-state index contributed by atoms with van der Waals surface area (Å²) in [7, 11) is 0. The second-order valence-electron chi connectivity index (χ2n) is 4.57. The molecule has 1 atom stereocenters. The summed E-state index contributed by atoms with van der Waals surface area (Å²) in [5.41, 5.74) is 7.15. The van der Waals surface area contributed by atoms with Gasteiger partial charge in [0.25, 0.3) is 0 Å². The first-order chi connectivity index (χ1) is 7.58. The van der Waals surface area contributed by atoms with Crippen LogP contribution in [0.3, 0.4) is 0 Å². The molecule has 1 aromatic rings. The second-order valence-corrected chi connectivity index (χ2v) is 5.64. The van der Waals surface area contributed by atoms with Gasteiger partial charge in [0.1, 0.15) is 5.75 Å². The molecule has 0 aliphatic carbocycles. The van der Waals surface area contributed by atoms with E-state index in [-0.39, 0.29) is 6.04 Å². The Labute approximate surface area is 102 Å². The molecule has 16 heavy (non-hydrogen) atoms. The lowest BCUT2D eigenvalue weighted by Crippen LogP contribution is -2.25. The van der Waals surface area contributed by atoms with Crippen LogP contribution < -0.4 is 5.73 Å². The van der Waals surface area contributed by atoms with E-state index in [1.165, 1.54) is 0 Å². The van der Waals surface area contributed by atoms with Gasteiger partial charge in [0.05, 0.1) is 0 Å². The first kappa shape index (κ1) is 13.4. The largest absolute Gasteiger partial charge is 0.508 e. The number of hydrogen-bond acceptors (Lipinski definition) is 3. The average Bonchev–Trinajstić information content (AvgIpc) is 2.16. The van der Waals surface area contributed by atoms with Crippen molar-refractivity contribution >= 4 is 11.8 Å². The maximum atomic E-state index is 9.33. The summed E-state index contributed by atoms with van der Waals surface area (Å²) in [6.45, 7) is 4.43. The highest BCUT2D eigenvalue weighted by Gasteiger charge is 2.05. The topological polar surface area (TPSA) is 46.2 Å². The van der Waals surface area contributed by atoms with E-state index < -0.39 is 0 Å². The summed E-state index contributed by atoms with van der Waals surface area (Å²) in [6, 6.07) is 7.51. The van der Waals surface area contributed by atoms with E-state index in [2.05, 4.69) is 13.8 Å². The van der Waals surface area contributed by atoms with Gasteiger partial charge < -0.3 is 10.8 Å². The fourth-order valence-electron chi connectivity index (χ4n) is 1.50. The number of rotatable bonds is 6. The van der Waals surface area contributed by atoms with E-state index in [9.17, 15) is 5.11 Å². The van der Waals surface area contributed by atoms with Crippen LogP contribution in [-0.2, 0) is 6.42 Å². The van der Waals surface area contributed by atoms with Gasteiger partial charge in [-0.1, -0.05) is 26.0 Å². The number of phenolic OH excluding ortho intramolecular Hbond substituents is 1. The Kier molecular flexibility index (Phi) is 5.71. The SMILES string of the molecule is CC(C)CSCC(N)Cc1cccc(O)c1. The maximum Gasteiger partial charge on any atom is 0.115 e. The van der Waals surface area contributed by atoms with Crippen molar-refractivity contribution < 1.29 is 5.11 Å². The molecule has 0 bridgehead atoms. The molecule has 2 nitrogen and oxygen atoms in total. The first-order valence-corrected chi connectivity index (χ1v) is 6.84. The molecule has 0 aliphatic rings. The molecule has 0 spiro atoms. The van der Waals surface area contributed by atoms with Crippen LogP contribution in [0, 0.1) is 5.92 Å². The number of aromatic hydroxyl groups is 1. The van der Waals surface area contributed by atoms with Crippen molar-refractivity contribution in [2.45, 2.75) is 26.3 Å². The molecule has 3 N–H and O–H groups in total. The van der Waals surface area contributed by atoms with Gasteiger partial charge in [0.15, 0.2) is 0 Å². The smallest absolute Gasteiger partial charge is 0.115 e. The fraction of sp³-hybridized carbons (Fsp3) is 0.538. The van der Waals surface area contributed by atoms with E-state index in [1.54, 1.807) is 12.1 Å². The van der Waals surface area contributed by atoms with Crippen LogP contribution in [0.2, 0.25) is 0 Å². The number of hydrogen-bond donors (Lipinski definition) is 2. The molecule has 3 heteroatoms. The zero-order chi connectivity index (χ0) is 12.0. The predicted molar refractivity (Wildman–Crippen MR) is 71.9 cm³/mol. The van der Waals surface area contributed by atoms with Crippen molar-refractivity contribution in [3.05, 3.63) is 29.8 Å². The fourth-order valence-corrected chi connectivity index (χ4v) is 2.53. The highest BCUT2D eigenvalue weighted by Crippen LogP contribution is 2.14. The molecule has 0 radical (unpaired) electrons. The highest BCUT2D eigenvalue weighted by molar-refractivity contribution is 7.99. The van der Waals surface area contributed by atoms with Crippen molar-refractivity contribution in [1.29, 1.82) is 0 Å². The third-order valence-corrected chi connectivity index (χ3v) is 3.76. The van der Waals surface area contributed by atoms with Crippen LogP contribution in [0.5, 0.6) is 5.75 Å². The molecule has 0 fully saturated rings. The summed E-state index contributed by atoms with van der Waals surface area (Å²) in [5, 5.41) is 9.33. The van der Waals surface area contributed by atoms with E-state index >= 15 is 0 Å². The molecule has 1 aromatic carbocycles. The molecule has 1 unspecified atom stereocenters. The average molecular weight is 239 g/mol. The normalized spacial score (nSPS) is 13.0. The van der Waals surface area contributed by atoms with Gasteiger partial charge in [-0.3, -0.25) is 0 Å². The second kappa shape index (κ2) is 6.81. The lowest BCUT2D eigenvalue weighted by Gasteiger charge is -2.12.